The number of nitrogens with two attached hydrogens (primary N) is 1. The zero-order chi connectivity index (χ0) is 18.1. The van der Waals surface area contributed by atoms with E-state index in [1.807, 2.05) is 6.92 Å². The summed E-state index contributed by atoms with van der Waals surface area (Å²) in [7, 11) is 0. The summed E-state index contributed by atoms with van der Waals surface area (Å²) in [5.74, 6) is -0.283. The lowest BCUT2D eigenvalue weighted by Crippen LogP contribution is -2.35. The molecule has 0 aliphatic heterocycles. The number of carbonyl (C=O) groups is 1. The Kier molecular flexibility index (Phi) is 15.1. The van der Waals surface area contributed by atoms with Gasteiger partial charge in [0.2, 0.25) is 5.91 Å². The van der Waals surface area contributed by atoms with E-state index in [1.54, 1.807) is 0 Å². The van der Waals surface area contributed by atoms with Crippen molar-refractivity contribution in [3.63, 3.8) is 0 Å². The molecule has 0 aliphatic rings. The van der Waals surface area contributed by atoms with Crippen LogP contribution in [0.3, 0.4) is 0 Å². The van der Waals surface area contributed by atoms with E-state index in [0.29, 0.717) is 6.42 Å². The van der Waals surface area contributed by atoms with Crippen LogP contribution < -0.4 is 5.73 Å². The molecule has 0 radical (unpaired) electrons. The quantitative estimate of drug-likeness (QED) is 0.271. The number of allylic oxidation sites excluding steroid dienone is 2. The molecule has 0 unspecified atom stereocenters. The predicted molar refractivity (Wildman–Crippen MR) is 104 cm³/mol. The number of aliphatic hydroxyl groups excluding tert-OH is 1. The van der Waals surface area contributed by atoms with E-state index in [0.717, 1.165) is 19.3 Å². The summed E-state index contributed by atoms with van der Waals surface area (Å²) >= 11 is 0. The molecule has 0 aromatic carbocycles. The van der Waals surface area contributed by atoms with Crippen molar-refractivity contribution in [3.05, 3.63) is 12.2 Å². The van der Waals surface area contributed by atoms with Crippen molar-refractivity contribution in [2.75, 3.05) is 6.61 Å². The van der Waals surface area contributed by atoms with Gasteiger partial charge in [0.15, 0.2) is 0 Å². The molecule has 0 aliphatic carbocycles. The van der Waals surface area contributed by atoms with Gasteiger partial charge in [0.25, 0.3) is 0 Å². The third kappa shape index (κ3) is 12.6. The summed E-state index contributed by atoms with van der Waals surface area (Å²) in [6.45, 7) is 4.16. The molecule has 24 heavy (non-hydrogen) atoms. The number of amides is 1. The van der Waals surface area contributed by atoms with Gasteiger partial charge in [-0.15, -0.1) is 0 Å². The van der Waals surface area contributed by atoms with E-state index in [4.69, 9.17) is 10.8 Å². The molecule has 3 nitrogen and oxygen atoms in total. The Morgan fingerprint density at radius 3 is 1.88 bits per heavy atom. The summed E-state index contributed by atoms with van der Waals surface area (Å²) in [5, 5.41) is 9.05. The molecule has 0 bridgehead atoms. The highest BCUT2D eigenvalue weighted by Crippen LogP contribution is 2.28. The van der Waals surface area contributed by atoms with Crippen molar-refractivity contribution < 1.29 is 9.90 Å². The summed E-state index contributed by atoms with van der Waals surface area (Å²) < 4.78 is 0. The third-order valence-electron chi connectivity index (χ3n) is 5.00. The van der Waals surface area contributed by atoms with Gasteiger partial charge in [-0.2, -0.15) is 0 Å². The van der Waals surface area contributed by atoms with E-state index in [2.05, 4.69) is 19.1 Å². The first-order valence-corrected chi connectivity index (χ1v) is 10.1. The van der Waals surface area contributed by atoms with Crippen molar-refractivity contribution in [1.82, 2.24) is 0 Å². The van der Waals surface area contributed by atoms with Crippen LogP contribution in [-0.4, -0.2) is 17.6 Å². The lowest BCUT2D eigenvalue weighted by atomic mass is 9.81. The highest BCUT2D eigenvalue weighted by atomic mass is 16.3. The van der Waals surface area contributed by atoms with Crippen molar-refractivity contribution in [1.29, 1.82) is 0 Å². The van der Waals surface area contributed by atoms with Gasteiger partial charge < -0.3 is 10.8 Å². The minimum atomic E-state index is -0.536. The molecule has 1 amide bonds. The van der Waals surface area contributed by atoms with Gasteiger partial charge in [-0.05, 0) is 38.5 Å². The number of carbonyl (C=O) groups excluding carboxylic acids is 1. The lowest BCUT2D eigenvalue weighted by molar-refractivity contribution is -0.128. The first-order chi connectivity index (χ1) is 11.6. The monoisotopic (exact) mass is 339 g/mol. The number of unbranched alkanes of at least 4 members (excludes halogenated alkanes) is 10. The molecule has 0 saturated carbocycles. The van der Waals surface area contributed by atoms with Crippen LogP contribution in [0.2, 0.25) is 0 Å². The Balaban J connectivity index is 3.47. The number of hydrogen-bond acceptors (Lipinski definition) is 2. The maximum absolute atomic E-state index is 11.5. The Bertz CT molecular complexity index is 328. The molecule has 0 fully saturated rings. The molecule has 3 N–H and O–H groups in total. The fourth-order valence-electron chi connectivity index (χ4n) is 3.03. The highest BCUT2D eigenvalue weighted by Gasteiger charge is 2.29. The zero-order valence-corrected chi connectivity index (χ0v) is 16.2. The second-order valence-corrected chi connectivity index (χ2v) is 7.38. The molecule has 0 heterocycles. The number of hydrogen-bond donors (Lipinski definition) is 2. The molecule has 3 heteroatoms. The maximum atomic E-state index is 11.5. The van der Waals surface area contributed by atoms with Crippen molar-refractivity contribution in [3.8, 4) is 0 Å². The summed E-state index contributed by atoms with van der Waals surface area (Å²) in [5.41, 5.74) is 4.92. The van der Waals surface area contributed by atoms with Gasteiger partial charge in [-0.1, -0.05) is 77.4 Å². The average Bonchev–Trinajstić information content (AvgIpc) is 2.55. The summed E-state index contributed by atoms with van der Waals surface area (Å²) in [6.07, 6.45) is 21.1. The molecule has 0 spiro atoms. The first kappa shape index (κ1) is 23.2. The molecule has 0 aromatic rings. The molecule has 1 atom stereocenters. The topological polar surface area (TPSA) is 63.3 Å². The van der Waals surface area contributed by atoms with Gasteiger partial charge in [-0.25, -0.2) is 0 Å². The summed E-state index contributed by atoms with van der Waals surface area (Å²) in [6, 6.07) is 0. The van der Waals surface area contributed by atoms with E-state index < -0.39 is 5.41 Å². The smallest absolute Gasteiger partial charge is 0.223 e. The van der Waals surface area contributed by atoms with Crippen LogP contribution in [0.1, 0.15) is 104 Å². The van der Waals surface area contributed by atoms with Gasteiger partial charge in [0.1, 0.15) is 0 Å². The number of rotatable bonds is 17. The molecular formula is C21H41NO2. The van der Waals surface area contributed by atoms with E-state index >= 15 is 0 Å². The van der Waals surface area contributed by atoms with Crippen molar-refractivity contribution in [2.24, 2.45) is 11.1 Å². The van der Waals surface area contributed by atoms with Gasteiger partial charge in [0.05, 0.1) is 0 Å². The van der Waals surface area contributed by atoms with Crippen LogP contribution in [0.5, 0.6) is 0 Å². The minimum absolute atomic E-state index is 0.0306. The predicted octanol–water partition coefficient (Wildman–Crippen LogP) is 5.51. The van der Waals surface area contributed by atoms with E-state index in [9.17, 15) is 4.79 Å². The minimum Gasteiger partial charge on any atom is -0.396 e. The van der Waals surface area contributed by atoms with Crippen LogP contribution in [0.4, 0.5) is 0 Å². The fourth-order valence-corrected chi connectivity index (χ4v) is 3.03. The molecule has 0 rings (SSSR count). The van der Waals surface area contributed by atoms with E-state index in [1.165, 1.54) is 64.2 Å². The first-order valence-electron chi connectivity index (χ1n) is 10.1. The Morgan fingerprint density at radius 1 is 0.875 bits per heavy atom. The Morgan fingerprint density at radius 2 is 1.38 bits per heavy atom. The van der Waals surface area contributed by atoms with Crippen LogP contribution in [0.25, 0.3) is 0 Å². The molecule has 142 valence electrons. The van der Waals surface area contributed by atoms with E-state index in [-0.39, 0.29) is 12.5 Å². The van der Waals surface area contributed by atoms with Crippen LogP contribution >= 0.6 is 0 Å². The molecule has 0 saturated heterocycles. The molecular weight excluding hydrogens is 298 g/mol. The zero-order valence-electron chi connectivity index (χ0n) is 16.2. The third-order valence-corrected chi connectivity index (χ3v) is 5.00. The Hall–Kier alpha value is -0.830. The molecule has 0 aromatic heterocycles. The Labute approximate surface area is 150 Å². The fraction of sp³-hybridized carbons (Fsp3) is 0.857. The second kappa shape index (κ2) is 15.7. The normalized spacial score (nSPS) is 14.1. The van der Waals surface area contributed by atoms with Gasteiger partial charge >= 0.3 is 0 Å². The van der Waals surface area contributed by atoms with Crippen molar-refractivity contribution in [2.45, 2.75) is 104 Å². The van der Waals surface area contributed by atoms with Gasteiger partial charge in [0, 0.05) is 12.0 Å². The van der Waals surface area contributed by atoms with Gasteiger partial charge in [-0.3, -0.25) is 4.79 Å². The average molecular weight is 340 g/mol. The van der Waals surface area contributed by atoms with Crippen LogP contribution in [0, 0.1) is 5.41 Å². The second-order valence-electron chi connectivity index (χ2n) is 7.38. The van der Waals surface area contributed by atoms with Crippen molar-refractivity contribution >= 4 is 5.91 Å². The standard InChI is InChI=1S/C21H41NO2/c1-3-4-5-6-7-8-9-10-11-12-13-14-15-16-17-21(2,18-19-23)20(22)24/h10-11,23H,3-9,12-19H2,1-2H3,(H2,22,24)/t21-/m0/s1. The van der Waals surface area contributed by atoms with Crippen LogP contribution in [0.15, 0.2) is 12.2 Å². The summed E-state index contributed by atoms with van der Waals surface area (Å²) in [4.78, 5) is 11.5. The number of aliphatic hydroxyl groups is 1. The SMILES string of the molecule is CCCCCCCCC=CCCCCCC[C@@](C)(CCO)C(N)=O. The largest absolute Gasteiger partial charge is 0.396 e. The number of primary amides is 1. The highest BCUT2D eigenvalue weighted by molar-refractivity contribution is 5.80. The van der Waals surface area contributed by atoms with Crippen LogP contribution in [-0.2, 0) is 4.79 Å². The lowest BCUT2D eigenvalue weighted by Gasteiger charge is -2.24. The maximum Gasteiger partial charge on any atom is 0.223 e.